The molecule has 2 saturated heterocycles. The van der Waals surface area contributed by atoms with Gasteiger partial charge in [0, 0.05) is 51.3 Å². The number of para-hydroxylation sites is 1. The molecule has 9 nitrogen and oxygen atoms in total. The van der Waals surface area contributed by atoms with E-state index in [1.165, 1.54) is 4.31 Å². The van der Waals surface area contributed by atoms with Crippen LogP contribution >= 0.6 is 0 Å². The van der Waals surface area contributed by atoms with Crippen molar-refractivity contribution in [2.24, 2.45) is 0 Å². The number of rotatable bonds is 3. The van der Waals surface area contributed by atoms with Gasteiger partial charge in [-0.2, -0.15) is 4.31 Å². The lowest BCUT2D eigenvalue weighted by atomic mass is 10.0. The van der Waals surface area contributed by atoms with Gasteiger partial charge < -0.3 is 24.6 Å². The lowest BCUT2D eigenvalue weighted by Crippen LogP contribution is -2.56. The van der Waals surface area contributed by atoms with Gasteiger partial charge in [0.25, 0.3) is 0 Å². The van der Waals surface area contributed by atoms with Crippen molar-refractivity contribution < 1.29 is 22.7 Å². The molecule has 2 amide bonds. The van der Waals surface area contributed by atoms with Gasteiger partial charge in [0.15, 0.2) is 0 Å². The van der Waals surface area contributed by atoms with E-state index in [1.54, 1.807) is 23.1 Å². The first-order chi connectivity index (χ1) is 15.9. The number of carbonyl (C=O) groups excluding carboxylic acids is 1. The third kappa shape index (κ3) is 4.03. The minimum Gasteiger partial charge on any atom is -0.490 e. The summed E-state index contributed by atoms with van der Waals surface area (Å²) in [7, 11) is -1.83. The Hall–Kier alpha value is -2.82. The molecule has 33 heavy (non-hydrogen) atoms. The first kappa shape index (κ1) is 22.0. The molecule has 0 bridgehead atoms. The fraction of sp³-hybridized carbons (Fsp3) is 0.435. The second-order valence-electron chi connectivity index (χ2n) is 8.55. The Kier molecular flexibility index (Phi) is 5.67. The molecular formula is C23H28N4O5S. The molecule has 2 aromatic carbocycles. The number of anilines is 2. The van der Waals surface area contributed by atoms with Gasteiger partial charge >= 0.3 is 6.03 Å². The number of likely N-dealkylation sites (tertiary alicyclic amines) is 1. The minimum absolute atomic E-state index is 0.195. The van der Waals surface area contributed by atoms with Crippen molar-refractivity contribution in [3.8, 4) is 5.75 Å². The smallest absolute Gasteiger partial charge is 0.321 e. The number of benzene rings is 2. The third-order valence-electron chi connectivity index (χ3n) is 6.59. The number of urea groups is 1. The second kappa shape index (κ2) is 8.51. The molecule has 1 spiro atoms. The second-order valence-corrected chi connectivity index (χ2v) is 10.4. The number of ether oxygens (including phenoxy) is 2. The highest BCUT2D eigenvalue weighted by molar-refractivity contribution is 7.89. The van der Waals surface area contributed by atoms with Crippen molar-refractivity contribution in [3.05, 3.63) is 48.5 Å². The molecule has 0 saturated carbocycles. The highest BCUT2D eigenvalue weighted by Crippen LogP contribution is 2.40. The average Bonchev–Trinajstić information content (AvgIpc) is 3.24. The molecule has 5 rings (SSSR count). The Bertz CT molecular complexity index is 1130. The van der Waals surface area contributed by atoms with Crippen molar-refractivity contribution in [2.75, 3.05) is 56.7 Å². The molecule has 176 valence electrons. The van der Waals surface area contributed by atoms with Gasteiger partial charge in [-0.1, -0.05) is 18.2 Å². The average molecular weight is 473 g/mol. The number of amides is 2. The van der Waals surface area contributed by atoms with Gasteiger partial charge in [0.1, 0.15) is 18.1 Å². The van der Waals surface area contributed by atoms with Crippen LogP contribution in [0.4, 0.5) is 16.2 Å². The first-order valence-corrected chi connectivity index (χ1v) is 12.6. The summed E-state index contributed by atoms with van der Waals surface area (Å²) in [6, 6.07) is 14.1. The number of hydrogen-bond donors (Lipinski definition) is 1. The number of nitrogens with one attached hydrogen (secondary N) is 1. The normalized spacial score (nSPS) is 20.4. The van der Waals surface area contributed by atoms with Crippen LogP contribution in [0.2, 0.25) is 0 Å². The molecule has 0 aliphatic carbocycles. The number of nitrogens with zero attached hydrogens (tertiary/aromatic N) is 3. The Morgan fingerprint density at radius 2 is 1.76 bits per heavy atom. The van der Waals surface area contributed by atoms with Gasteiger partial charge in [-0.05, 0) is 24.3 Å². The van der Waals surface area contributed by atoms with Gasteiger partial charge in [0.05, 0.1) is 23.7 Å². The molecule has 0 atom stereocenters. The van der Waals surface area contributed by atoms with Gasteiger partial charge in [-0.25, -0.2) is 13.2 Å². The zero-order valence-corrected chi connectivity index (χ0v) is 19.4. The van der Waals surface area contributed by atoms with E-state index >= 15 is 0 Å². The lowest BCUT2D eigenvalue weighted by molar-refractivity contribution is -0.0840. The van der Waals surface area contributed by atoms with Gasteiger partial charge in [-0.3, -0.25) is 0 Å². The molecule has 1 N–H and O–H groups in total. The SMILES string of the molecule is CN1CCOc2cc(S(=O)(=O)N3CCOC34CCN(C(=O)Nc3ccccc3)CC4)ccc21. The summed E-state index contributed by atoms with van der Waals surface area (Å²) in [5.41, 5.74) is 0.672. The highest BCUT2D eigenvalue weighted by atomic mass is 32.2. The van der Waals surface area contributed by atoms with Crippen LogP contribution in [0.3, 0.4) is 0 Å². The van der Waals surface area contributed by atoms with E-state index in [0.29, 0.717) is 44.9 Å². The number of likely N-dealkylation sites (N-methyl/N-ethyl adjacent to an activating group) is 1. The Balaban J connectivity index is 1.31. The van der Waals surface area contributed by atoms with Crippen LogP contribution in [0.5, 0.6) is 5.75 Å². The fourth-order valence-electron chi connectivity index (χ4n) is 4.74. The zero-order chi connectivity index (χ0) is 23.1. The maximum atomic E-state index is 13.6. The summed E-state index contributed by atoms with van der Waals surface area (Å²) < 4.78 is 40.4. The van der Waals surface area contributed by atoms with Crippen molar-refractivity contribution in [3.63, 3.8) is 0 Å². The standard InChI is InChI=1S/C23H28N4O5S/c1-25-13-15-31-21-17-19(7-8-20(21)25)33(29,30)27-14-16-32-23(27)9-11-26(12-10-23)22(28)24-18-5-3-2-4-6-18/h2-8,17H,9-16H2,1H3,(H,24,28). The molecule has 3 heterocycles. The highest BCUT2D eigenvalue weighted by Gasteiger charge is 2.51. The summed E-state index contributed by atoms with van der Waals surface area (Å²) >= 11 is 0. The molecule has 2 aromatic rings. The number of piperidine rings is 1. The molecule has 0 radical (unpaired) electrons. The molecule has 0 unspecified atom stereocenters. The lowest BCUT2D eigenvalue weighted by Gasteiger charge is -2.42. The van der Waals surface area contributed by atoms with E-state index in [2.05, 4.69) is 5.32 Å². The van der Waals surface area contributed by atoms with E-state index in [0.717, 1.165) is 17.9 Å². The third-order valence-corrected chi connectivity index (χ3v) is 8.54. The molecule has 0 aromatic heterocycles. The molecule has 2 fully saturated rings. The Morgan fingerprint density at radius 1 is 1.00 bits per heavy atom. The van der Waals surface area contributed by atoms with E-state index in [4.69, 9.17) is 9.47 Å². The van der Waals surface area contributed by atoms with Crippen molar-refractivity contribution >= 4 is 27.4 Å². The fourth-order valence-corrected chi connectivity index (χ4v) is 6.48. The first-order valence-electron chi connectivity index (χ1n) is 11.1. The van der Waals surface area contributed by atoms with Crippen LogP contribution in [-0.4, -0.2) is 75.8 Å². The van der Waals surface area contributed by atoms with Crippen LogP contribution in [-0.2, 0) is 14.8 Å². The summed E-state index contributed by atoms with van der Waals surface area (Å²) in [6.45, 7) is 2.71. The van der Waals surface area contributed by atoms with E-state index in [9.17, 15) is 13.2 Å². The predicted molar refractivity (Wildman–Crippen MR) is 124 cm³/mol. The quantitative estimate of drug-likeness (QED) is 0.738. The molecule has 3 aliphatic rings. The van der Waals surface area contributed by atoms with Crippen LogP contribution in [0, 0.1) is 0 Å². The molecule has 3 aliphatic heterocycles. The molecular weight excluding hydrogens is 444 g/mol. The zero-order valence-electron chi connectivity index (χ0n) is 18.6. The maximum absolute atomic E-state index is 13.6. The topological polar surface area (TPSA) is 91.4 Å². The predicted octanol–water partition coefficient (Wildman–Crippen LogP) is 2.56. The Morgan fingerprint density at radius 3 is 2.52 bits per heavy atom. The van der Waals surface area contributed by atoms with Crippen LogP contribution in [0.15, 0.2) is 53.4 Å². The summed E-state index contributed by atoms with van der Waals surface area (Å²) in [4.78, 5) is 16.6. The van der Waals surface area contributed by atoms with Crippen LogP contribution in [0.25, 0.3) is 0 Å². The van der Waals surface area contributed by atoms with Crippen LogP contribution in [0.1, 0.15) is 12.8 Å². The monoisotopic (exact) mass is 472 g/mol. The number of fused-ring (bicyclic) bond motifs is 1. The van der Waals surface area contributed by atoms with E-state index in [-0.39, 0.29) is 17.5 Å². The van der Waals surface area contributed by atoms with Gasteiger partial charge in [-0.15, -0.1) is 0 Å². The molecule has 10 heteroatoms. The minimum atomic E-state index is -3.79. The van der Waals surface area contributed by atoms with Crippen molar-refractivity contribution in [2.45, 2.75) is 23.5 Å². The van der Waals surface area contributed by atoms with Crippen molar-refractivity contribution in [1.29, 1.82) is 0 Å². The van der Waals surface area contributed by atoms with Crippen LogP contribution < -0.4 is 15.0 Å². The van der Waals surface area contributed by atoms with Crippen molar-refractivity contribution in [1.82, 2.24) is 9.21 Å². The summed E-state index contributed by atoms with van der Waals surface area (Å²) in [5, 5.41) is 2.89. The number of hydrogen-bond acceptors (Lipinski definition) is 6. The largest absolute Gasteiger partial charge is 0.490 e. The number of sulfonamides is 1. The Labute approximate surface area is 193 Å². The summed E-state index contributed by atoms with van der Waals surface area (Å²) in [5.74, 6) is 0.575. The number of carbonyl (C=O) groups is 1. The van der Waals surface area contributed by atoms with E-state index < -0.39 is 15.7 Å². The maximum Gasteiger partial charge on any atom is 0.321 e. The summed E-state index contributed by atoms with van der Waals surface area (Å²) in [6.07, 6.45) is 0.831. The van der Waals surface area contributed by atoms with Gasteiger partial charge in [0.2, 0.25) is 10.0 Å². The van der Waals surface area contributed by atoms with E-state index in [1.807, 2.05) is 42.3 Å².